The molecule has 5 N–H and O–H groups in total. The SMILES string of the molecule is CCc1ccc(C[C@@H](NC(=O)N2CCC(N3CCc4ccccc4NC3=O)CC2)C(=O)NCCCCCN)cc1CC. The maximum absolute atomic E-state index is 13.4. The number of unbranched alkanes of at least 4 members (excludes halogenated alkanes) is 2. The first kappa shape index (κ1) is 31.3. The highest BCUT2D eigenvalue weighted by atomic mass is 16.2. The molecule has 2 aliphatic heterocycles. The predicted octanol–water partition coefficient (Wildman–Crippen LogP) is 4.23. The molecule has 1 atom stereocenters. The van der Waals surface area contributed by atoms with Crippen LogP contribution in [0.15, 0.2) is 42.5 Å². The predicted molar refractivity (Wildman–Crippen MR) is 168 cm³/mol. The second kappa shape index (κ2) is 15.6. The van der Waals surface area contributed by atoms with Crippen molar-refractivity contribution in [1.82, 2.24) is 20.4 Å². The number of likely N-dealkylation sites (tertiary alicyclic amines) is 1. The van der Waals surface area contributed by atoms with Gasteiger partial charge in [0.15, 0.2) is 0 Å². The van der Waals surface area contributed by atoms with Gasteiger partial charge in [-0.2, -0.15) is 0 Å². The second-order valence-corrected chi connectivity index (χ2v) is 11.4. The number of hydrogen-bond donors (Lipinski definition) is 4. The van der Waals surface area contributed by atoms with Crippen LogP contribution >= 0.6 is 0 Å². The van der Waals surface area contributed by atoms with Gasteiger partial charge >= 0.3 is 12.1 Å². The summed E-state index contributed by atoms with van der Waals surface area (Å²) < 4.78 is 0. The van der Waals surface area contributed by atoms with E-state index in [9.17, 15) is 14.4 Å². The number of rotatable bonds is 12. The fraction of sp³-hybridized carbons (Fsp3) is 0.545. The Hall–Kier alpha value is -3.59. The van der Waals surface area contributed by atoms with E-state index in [1.807, 2.05) is 23.1 Å². The van der Waals surface area contributed by atoms with Crippen LogP contribution in [0.1, 0.15) is 68.2 Å². The standard InChI is InChI=1S/C33H48N6O3/c1-3-25-13-12-24(22-26(25)4-2)23-30(31(40)35-18-9-5-8-17-34)37-32(41)38-19-15-28(16-20-38)39-21-14-27-10-6-7-11-29(27)36-33(39)42/h6-7,10-13,22,28,30H,3-5,8-9,14-21,23,34H2,1-2H3,(H,35,40)(H,36,42)(H,37,41)/t30-/m1/s1. The lowest BCUT2D eigenvalue weighted by atomic mass is 9.96. The highest BCUT2D eigenvalue weighted by Gasteiger charge is 2.32. The molecule has 42 heavy (non-hydrogen) atoms. The molecule has 0 radical (unpaired) electrons. The van der Waals surface area contributed by atoms with Crippen molar-refractivity contribution in [2.24, 2.45) is 5.73 Å². The number of amides is 5. The minimum absolute atomic E-state index is 0.0699. The first-order valence-corrected chi connectivity index (χ1v) is 15.7. The molecule has 0 spiro atoms. The minimum atomic E-state index is -0.670. The molecule has 4 rings (SSSR count). The Morgan fingerprint density at radius 1 is 1.00 bits per heavy atom. The molecule has 0 aromatic heterocycles. The van der Waals surface area contributed by atoms with E-state index >= 15 is 0 Å². The quantitative estimate of drug-likeness (QED) is 0.283. The molecule has 0 aliphatic carbocycles. The summed E-state index contributed by atoms with van der Waals surface area (Å²) in [4.78, 5) is 43.4. The Bertz CT molecular complexity index is 1210. The molecule has 9 heteroatoms. The van der Waals surface area contributed by atoms with Gasteiger partial charge in [0.25, 0.3) is 0 Å². The first-order valence-electron chi connectivity index (χ1n) is 15.7. The van der Waals surface area contributed by atoms with Gasteiger partial charge in [0.05, 0.1) is 0 Å². The van der Waals surface area contributed by atoms with Crippen LogP contribution in [-0.4, -0.2) is 72.6 Å². The van der Waals surface area contributed by atoms with Gasteiger partial charge in [-0.1, -0.05) is 56.7 Å². The van der Waals surface area contributed by atoms with E-state index in [1.165, 1.54) is 11.1 Å². The largest absolute Gasteiger partial charge is 0.354 e. The number of carbonyl (C=O) groups excluding carboxylic acids is 3. The first-order chi connectivity index (χ1) is 20.4. The molecule has 1 saturated heterocycles. The number of nitrogens with one attached hydrogen (secondary N) is 3. The highest BCUT2D eigenvalue weighted by molar-refractivity contribution is 5.91. The molecule has 2 aliphatic rings. The Labute approximate surface area is 250 Å². The minimum Gasteiger partial charge on any atom is -0.354 e. The molecule has 0 bridgehead atoms. The fourth-order valence-electron chi connectivity index (χ4n) is 6.07. The molecule has 2 aromatic carbocycles. The Kier molecular flexibility index (Phi) is 11.6. The summed E-state index contributed by atoms with van der Waals surface area (Å²) in [5, 5.41) is 9.12. The van der Waals surface area contributed by atoms with Crippen molar-refractivity contribution < 1.29 is 14.4 Å². The van der Waals surface area contributed by atoms with Gasteiger partial charge in [-0.3, -0.25) is 4.79 Å². The summed E-state index contributed by atoms with van der Waals surface area (Å²) in [6.45, 7) is 7.22. The molecule has 2 aromatic rings. The van der Waals surface area contributed by atoms with Crippen molar-refractivity contribution in [3.8, 4) is 0 Å². The number of carbonyl (C=O) groups is 3. The monoisotopic (exact) mass is 576 g/mol. The van der Waals surface area contributed by atoms with Crippen molar-refractivity contribution in [2.75, 3.05) is 38.0 Å². The highest BCUT2D eigenvalue weighted by Crippen LogP contribution is 2.24. The van der Waals surface area contributed by atoms with Gasteiger partial charge in [0, 0.05) is 44.3 Å². The van der Waals surface area contributed by atoms with Crippen molar-refractivity contribution in [3.63, 3.8) is 0 Å². The number of urea groups is 2. The van der Waals surface area contributed by atoms with Crippen molar-refractivity contribution in [3.05, 3.63) is 64.7 Å². The maximum atomic E-state index is 13.4. The van der Waals surface area contributed by atoms with Gasteiger partial charge in [-0.15, -0.1) is 0 Å². The third-order valence-corrected chi connectivity index (χ3v) is 8.60. The van der Waals surface area contributed by atoms with E-state index in [2.05, 4.69) is 54.1 Å². The van der Waals surface area contributed by atoms with Gasteiger partial charge in [-0.25, -0.2) is 9.59 Å². The second-order valence-electron chi connectivity index (χ2n) is 11.4. The van der Waals surface area contributed by atoms with E-state index in [1.54, 1.807) is 4.90 Å². The number of anilines is 1. The summed E-state index contributed by atoms with van der Waals surface area (Å²) in [6.07, 6.45) is 7.29. The zero-order chi connectivity index (χ0) is 29.9. The van der Waals surface area contributed by atoms with Crippen molar-refractivity contribution in [2.45, 2.75) is 83.7 Å². The fourth-order valence-corrected chi connectivity index (χ4v) is 6.07. The van der Waals surface area contributed by atoms with E-state index in [-0.39, 0.29) is 24.0 Å². The van der Waals surface area contributed by atoms with Crippen LogP contribution in [0, 0.1) is 0 Å². The summed E-state index contributed by atoms with van der Waals surface area (Å²) >= 11 is 0. The third-order valence-electron chi connectivity index (χ3n) is 8.60. The lowest BCUT2D eigenvalue weighted by molar-refractivity contribution is -0.123. The van der Waals surface area contributed by atoms with Crippen LogP contribution in [0.4, 0.5) is 15.3 Å². The van der Waals surface area contributed by atoms with Gasteiger partial charge in [0.2, 0.25) is 5.91 Å². The molecule has 9 nitrogen and oxygen atoms in total. The van der Waals surface area contributed by atoms with Crippen LogP contribution in [0.5, 0.6) is 0 Å². The summed E-state index contributed by atoms with van der Waals surface area (Å²) in [6, 6.07) is 13.4. The van der Waals surface area contributed by atoms with Crippen LogP contribution in [-0.2, 0) is 30.5 Å². The summed E-state index contributed by atoms with van der Waals surface area (Å²) in [5.41, 5.74) is 11.3. The molecule has 5 amide bonds. The van der Waals surface area contributed by atoms with Crippen molar-refractivity contribution >= 4 is 23.7 Å². The number of aryl methyl sites for hydroxylation is 2. The zero-order valence-corrected chi connectivity index (χ0v) is 25.3. The van der Waals surface area contributed by atoms with E-state index in [4.69, 9.17) is 5.73 Å². The number of piperidine rings is 1. The van der Waals surface area contributed by atoms with Crippen LogP contribution < -0.4 is 21.7 Å². The number of para-hydroxylation sites is 1. The maximum Gasteiger partial charge on any atom is 0.322 e. The number of nitrogens with zero attached hydrogens (tertiary/aromatic N) is 2. The molecule has 228 valence electrons. The van der Waals surface area contributed by atoms with E-state index < -0.39 is 6.04 Å². The van der Waals surface area contributed by atoms with Crippen LogP contribution in [0.25, 0.3) is 0 Å². The Morgan fingerprint density at radius 2 is 1.76 bits per heavy atom. The molecular formula is C33H48N6O3. The molecule has 2 heterocycles. The third kappa shape index (κ3) is 8.25. The Balaban J connectivity index is 1.36. The summed E-state index contributed by atoms with van der Waals surface area (Å²) in [5.74, 6) is -0.163. The lowest BCUT2D eigenvalue weighted by Crippen LogP contribution is -2.55. The van der Waals surface area contributed by atoms with Gasteiger partial charge in [-0.05, 0) is 79.8 Å². The summed E-state index contributed by atoms with van der Waals surface area (Å²) in [7, 11) is 0. The topological polar surface area (TPSA) is 120 Å². The van der Waals surface area contributed by atoms with Gasteiger partial charge < -0.3 is 31.5 Å². The lowest BCUT2D eigenvalue weighted by Gasteiger charge is -2.38. The van der Waals surface area contributed by atoms with E-state index in [0.29, 0.717) is 52.0 Å². The Morgan fingerprint density at radius 3 is 2.50 bits per heavy atom. The normalized spacial score (nSPS) is 16.3. The van der Waals surface area contributed by atoms with Crippen LogP contribution in [0.2, 0.25) is 0 Å². The van der Waals surface area contributed by atoms with Crippen LogP contribution in [0.3, 0.4) is 0 Å². The number of fused-ring (bicyclic) bond motifs is 1. The van der Waals surface area contributed by atoms with Gasteiger partial charge in [0.1, 0.15) is 6.04 Å². The van der Waals surface area contributed by atoms with Crippen molar-refractivity contribution in [1.29, 1.82) is 0 Å². The molecule has 0 unspecified atom stereocenters. The average Bonchev–Trinajstić information content (AvgIpc) is 3.18. The van der Waals surface area contributed by atoms with E-state index in [0.717, 1.165) is 55.3 Å². The number of nitrogens with two attached hydrogens (primary N) is 1. The smallest absolute Gasteiger partial charge is 0.322 e. The molecule has 0 saturated carbocycles. The number of hydrogen-bond acceptors (Lipinski definition) is 4. The molecular weight excluding hydrogens is 528 g/mol. The average molecular weight is 577 g/mol. The molecule has 1 fully saturated rings. The number of benzene rings is 2. The zero-order valence-electron chi connectivity index (χ0n) is 25.3.